The van der Waals surface area contributed by atoms with Crippen molar-refractivity contribution in [3.05, 3.63) is 85.1 Å². The quantitative estimate of drug-likeness (QED) is 0.130. The Labute approximate surface area is 442 Å². The molecule has 16 N–H and O–H groups in total. The zero-order valence-electron chi connectivity index (χ0n) is 43.3. The molecular formula is C53H83NO22. The zero-order chi connectivity index (χ0) is 56.5. The van der Waals surface area contributed by atoms with Crippen molar-refractivity contribution in [1.82, 2.24) is 5.32 Å². The van der Waals surface area contributed by atoms with Gasteiger partial charge in [0.1, 0.15) is 36.4 Å². The number of esters is 1. The van der Waals surface area contributed by atoms with E-state index in [2.05, 4.69) is 5.32 Å². The average Bonchev–Trinajstić information content (AvgIpc) is 3.33. The van der Waals surface area contributed by atoms with Crippen molar-refractivity contribution in [1.29, 1.82) is 0 Å². The number of ether oxygens (including phenoxy) is 5. The van der Waals surface area contributed by atoms with Crippen molar-refractivity contribution in [3.8, 4) is 0 Å². The predicted octanol–water partition coefficient (Wildman–Crippen LogP) is -1.86. The molecule has 0 unspecified atom stereocenters. The Hall–Kier alpha value is -3.64. The lowest BCUT2D eigenvalue weighted by Crippen LogP contribution is -2.69. The summed E-state index contributed by atoms with van der Waals surface area (Å²) in [6, 6.07) is -1.36. The number of aliphatic hydroxyl groups excluding tert-OH is 12. The average molecular weight is 1090 g/mol. The summed E-state index contributed by atoms with van der Waals surface area (Å²) in [6.45, 7) is 5.38. The van der Waals surface area contributed by atoms with Crippen molar-refractivity contribution in [2.24, 2.45) is 17.8 Å². The van der Waals surface area contributed by atoms with Crippen LogP contribution in [-0.2, 0) is 33.3 Å². The first-order chi connectivity index (χ1) is 35.7. The molecule has 4 heterocycles. The van der Waals surface area contributed by atoms with Crippen LogP contribution in [0.5, 0.6) is 0 Å². The van der Waals surface area contributed by atoms with E-state index in [4.69, 9.17) is 23.7 Å². The number of carbonyl (C=O) groups excluding carboxylic acids is 1. The molecule has 23 atom stereocenters. The fraction of sp³-hybridized carbons (Fsp3) is 0.698. The van der Waals surface area contributed by atoms with E-state index < -0.39 is 184 Å². The van der Waals surface area contributed by atoms with Gasteiger partial charge in [-0.25, -0.2) is 0 Å². The molecule has 3 saturated heterocycles. The molecule has 4 aliphatic rings. The SMILES string of the molecule is C[C@@H]1[C@H](O)[C@@H](C)\C=C/C=C\C=C/C=C\C=C/C=C\C=C\[C@H](O[C@H]2O[C@@H](C)[C@H](O)[C@@H](NC[C@]3(O)OC[C@@H](O)[C@H](O)[C@@H]3O)[C@H]2O)C[C@@H]2O[C@](O)(C[C@@H](O)[C@H](O)CC[C@@H](O)C[C@@H](O)C[C@@H](O)CC(=O)O[C@H]1C)C[C@H](O)[C@H]2C(=O)O. The molecule has 76 heavy (non-hydrogen) atoms. The summed E-state index contributed by atoms with van der Waals surface area (Å²) in [5, 5.41) is 165. The highest BCUT2D eigenvalue weighted by Crippen LogP contribution is 2.38. The van der Waals surface area contributed by atoms with Gasteiger partial charge < -0.3 is 106 Å². The Morgan fingerprint density at radius 1 is 0.645 bits per heavy atom. The van der Waals surface area contributed by atoms with Gasteiger partial charge in [-0.3, -0.25) is 9.59 Å². The third kappa shape index (κ3) is 19.6. The van der Waals surface area contributed by atoms with Crippen LogP contribution in [0.1, 0.15) is 79.1 Å². The van der Waals surface area contributed by atoms with Gasteiger partial charge >= 0.3 is 11.9 Å². The fourth-order valence-corrected chi connectivity index (χ4v) is 9.47. The fourth-order valence-electron chi connectivity index (χ4n) is 9.47. The lowest BCUT2D eigenvalue weighted by Gasteiger charge is -2.46. The van der Waals surface area contributed by atoms with E-state index in [1.807, 2.05) is 6.92 Å². The van der Waals surface area contributed by atoms with Crippen molar-refractivity contribution in [2.75, 3.05) is 13.2 Å². The molecule has 23 nitrogen and oxygen atoms in total. The number of carboxylic acid groups (broad SMARTS) is 1. The van der Waals surface area contributed by atoms with Crippen LogP contribution < -0.4 is 5.32 Å². The van der Waals surface area contributed by atoms with Crippen LogP contribution in [0.2, 0.25) is 0 Å². The molecular weight excluding hydrogens is 1000 g/mol. The number of allylic oxidation sites excluding steroid dienone is 12. The highest BCUT2D eigenvalue weighted by Gasteiger charge is 2.53. The second-order valence-corrected chi connectivity index (χ2v) is 20.6. The standard InChI is InChI=1S/C53H83NO22/c1-29-17-15-13-11-9-7-5-6-8-10-12-14-16-18-36(75-51-48(66)44(46(64)32(4)74-51)54-28-53(71)49(67)47(65)40(61)27-72-53)24-41-43(50(68)69)39(60)26-52(70,76-41)25-38(59)37(58)20-19-33(55)21-34(56)22-35(57)23-42(62)73-31(3)30(2)45(29)63/h5-18,29-41,43-49,51,54-61,63-67,70-71H,19-28H2,1-4H3,(H,68,69)/b6-5-,9-7-,10-8-,13-11-,14-12-,17-15-,18-16+/t29-,30-,31-,32-,33+,34+,35+,36-,37+,38+,39-,40+,41-,43+,44+,45+,46-,47-,48+,49-,51+,52+,53-/m0/s1. The number of aliphatic carboxylic acids is 1. The summed E-state index contributed by atoms with van der Waals surface area (Å²) in [5.74, 6) is -9.70. The molecule has 0 radical (unpaired) electrons. The van der Waals surface area contributed by atoms with Crippen LogP contribution in [0.25, 0.3) is 0 Å². The highest BCUT2D eigenvalue weighted by molar-refractivity contribution is 5.71. The smallest absolute Gasteiger partial charge is 0.311 e. The molecule has 4 rings (SSSR count). The summed E-state index contributed by atoms with van der Waals surface area (Å²) in [4.78, 5) is 25.4. The number of hydrogen-bond donors (Lipinski definition) is 16. The van der Waals surface area contributed by atoms with Crippen LogP contribution in [-0.4, -0.2) is 223 Å². The third-order valence-electron chi connectivity index (χ3n) is 14.2. The van der Waals surface area contributed by atoms with Gasteiger partial charge in [0.2, 0.25) is 5.79 Å². The van der Waals surface area contributed by atoms with Crippen LogP contribution in [0.15, 0.2) is 85.1 Å². The number of cyclic esters (lactones) is 1. The largest absolute Gasteiger partial charge is 0.481 e. The minimum atomic E-state index is -2.47. The normalized spacial score (nSPS) is 46.8. The summed E-state index contributed by atoms with van der Waals surface area (Å²) >= 11 is 0. The van der Waals surface area contributed by atoms with Crippen LogP contribution >= 0.6 is 0 Å². The molecule has 3 fully saturated rings. The number of fused-ring (bicyclic) bond motifs is 2. The maximum absolute atomic E-state index is 12.7. The van der Waals surface area contributed by atoms with Gasteiger partial charge in [-0.1, -0.05) is 98.9 Å². The van der Waals surface area contributed by atoms with Gasteiger partial charge in [0, 0.05) is 31.1 Å². The number of carbonyl (C=O) groups is 2. The van der Waals surface area contributed by atoms with E-state index >= 15 is 0 Å². The Morgan fingerprint density at radius 2 is 1.21 bits per heavy atom. The van der Waals surface area contributed by atoms with E-state index in [9.17, 15) is 86.2 Å². The van der Waals surface area contributed by atoms with E-state index in [0.29, 0.717) is 0 Å². The molecule has 0 saturated carbocycles. The molecule has 0 aliphatic carbocycles. The molecule has 0 amide bonds. The highest BCUT2D eigenvalue weighted by atomic mass is 16.7. The van der Waals surface area contributed by atoms with E-state index in [-0.39, 0.29) is 31.6 Å². The molecule has 2 bridgehead atoms. The van der Waals surface area contributed by atoms with Crippen LogP contribution in [0, 0.1) is 17.8 Å². The van der Waals surface area contributed by atoms with Crippen molar-refractivity contribution >= 4 is 11.9 Å². The molecule has 0 aromatic heterocycles. The first-order valence-corrected chi connectivity index (χ1v) is 25.8. The van der Waals surface area contributed by atoms with Crippen LogP contribution in [0.4, 0.5) is 0 Å². The van der Waals surface area contributed by atoms with E-state index in [1.165, 1.54) is 19.1 Å². The Morgan fingerprint density at radius 3 is 1.82 bits per heavy atom. The number of aliphatic hydroxyl groups is 14. The van der Waals surface area contributed by atoms with E-state index in [1.54, 1.807) is 86.8 Å². The Bertz CT molecular complexity index is 2000. The third-order valence-corrected chi connectivity index (χ3v) is 14.2. The second kappa shape index (κ2) is 30.6. The summed E-state index contributed by atoms with van der Waals surface area (Å²) < 4.78 is 28.7. The summed E-state index contributed by atoms with van der Waals surface area (Å²) in [5.41, 5.74) is 0. The number of hydrogen-bond acceptors (Lipinski definition) is 22. The van der Waals surface area contributed by atoms with Gasteiger partial charge in [-0.15, -0.1) is 0 Å². The molecule has 0 aromatic carbocycles. The Balaban J connectivity index is 1.59. The molecule has 23 heteroatoms. The number of carboxylic acids is 1. The van der Waals surface area contributed by atoms with Gasteiger partial charge in [0.25, 0.3) is 0 Å². The molecule has 0 spiro atoms. The first kappa shape index (κ1) is 64.9. The van der Waals surface area contributed by atoms with Gasteiger partial charge in [-0.05, 0) is 39.5 Å². The van der Waals surface area contributed by atoms with E-state index in [0.717, 1.165) is 0 Å². The van der Waals surface area contributed by atoms with Crippen LogP contribution in [0.3, 0.4) is 0 Å². The molecule has 432 valence electrons. The predicted molar refractivity (Wildman–Crippen MR) is 270 cm³/mol. The minimum absolute atomic E-state index is 0.186. The van der Waals surface area contributed by atoms with Gasteiger partial charge in [0.05, 0.1) is 92.8 Å². The number of nitrogens with one attached hydrogen (secondary N) is 1. The lowest BCUT2D eigenvalue weighted by molar-refractivity contribution is -0.323. The van der Waals surface area contributed by atoms with Crippen molar-refractivity contribution < 1.29 is 110 Å². The topological polar surface area (TPSA) is 396 Å². The molecule has 4 aliphatic heterocycles. The summed E-state index contributed by atoms with van der Waals surface area (Å²) in [7, 11) is 0. The number of rotatable bonds is 6. The maximum atomic E-state index is 12.7. The Kier molecular flexibility index (Phi) is 26.2. The van der Waals surface area contributed by atoms with Gasteiger partial charge in [-0.2, -0.15) is 0 Å². The van der Waals surface area contributed by atoms with Crippen molar-refractivity contribution in [2.45, 2.75) is 201 Å². The van der Waals surface area contributed by atoms with Gasteiger partial charge in [0.15, 0.2) is 12.1 Å². The monoisotopic (exact) mass is 1090 g/mol. The maximum Gasteiger partial charge on any atom is 0.311 e. The first-order valence-electron chi connectivity index (χ1n) is 25.8. The molecule has 0 aromatic rings. The second-order valence-electron chi connectivity index (χ2n) is 20.6. The summed E-state index contributed by atoms with van der Waals surface area (Å²) in [6.07, 6.45) is -4.45. The zero-order valence-corrected chi connectivity index (χ0v) is 43.3. The lowest BCUT2D eigenvalue weighted by atomic mass is 9.82. The minimum Gasteiger partial charge on any atom is -0.481 e. The van der Waals surface area contributed by atoms with Crippen molar-refractivity contribution in [3.63, 3.8) is 0 Å².